The van der Waals surface area contributed by atoms with Crippen molar-refractivity contribution in [3.63, 3.8) is 0 Å². The van der Waals surface area contributed by atoms with E-state index < -0.39 is 18.0 Å². The molecule has 1 N–H and O–H groups in total. The van der Waals surface area contributed by atoms with Crippen LogP contribution < -0.4 is 0 Å². The molecule has 2 rings (SSSR count). The average Bonchev–Trinajstić information content (AvgIpc) is 2.35. The molecule has 0 fully saturated rings. The Morgan fingerprint density at radius 1 is 1.35 bits per heavy atom. The van der Waals surface area contributed by atoms with Crippen LogP contribution in [-0.4, -0.2) is 32.6 Å². The highest BCUT2D eigenvalue weighted by atomic mass is 19.4. The van der Waals surface area contributed by atoms with Gasteiger partial charge in [0, 0.05) is 18.0 Å². The fourth-order valence-corrected chi connectivity index (χ4v) is 2.11. The zero-order valence-electron chi connectivity index (χ0n) is 11.0. The van der Waals surface area contributed by atoms with Crippen LogP contribution in [-0.2, 0) is 19.1 Å². The number of hydrogen-bond donors (Lipinski definition) is 1. The molecule has 0 radical (unpaired) electrons. The van der Waals surface area contributed by atoms with Gasteiger partial charge in [0.25, 0.3) is 0 Å². The first-order chi connectivity index (χ1) is 9.20. The van der Waals surface area contributed by atoms with Crippen molar-refractivity contribution in [2.24, 2.45) is 0 Å². The normalized spacial score (nSPS) is 15.4. The van der Waals surface area contributed by atoms with Crippen molar-refractivity contribution < 1.29 is 23.1 Å². The first-order valence-electron chi connectivity index (χ1n) is 6.15. The third-order valence-corrected chi connectivity index (χ3v) is 3.14. The molecule has 0 bridgehead atoms. The lowest BCUT2D eigenvalue weighted by atomic mass is 10.0. The first kappa shape index (κ1) is 14.5. The summed E-state index contributed by atoms with van der Waals surface area (Å²) < 4.78 is 39.2. The predicted molar refractivity (Wildman–Crippen MR) is 63.3 cm³/mol. The summed E-state index contributed by atoms with van der Waals surface area (Å²) in [6.45, 7) is 3.28. The summed E-state index contributed by atoms with van der Waals surface area (Å²) in [6.07, 6.45) is -5.73. The SMILES string of the molecule is CC(C)c1nc2c(c(C(F)(F)F)n1)CCN(C(=O)O)C2. The minimum absolute atomic E-state index is 0.0133. The molecular weight excluding hydrogens is 275 g/mol. The van der Waals surface area contributed by atoms with E-state index in [0.29, 0.717) is 0 Å². The van der Waals surface area contributed by atoms with E-state index in [0.717, 1.165) is 4.90 Å². The minimum atomic E-state index is -4.55. The second-order valence-electron chi connectivity index (χ2n) is 4.96. The summed E-state index contributed by atoms with van der Waals surface area (Å²) in [5.41, 5.74) is -0.764. The Morgan fingerprint density at radius 2 is 2.00 bits per heavy atom. The van der Waals surface area contributed by atoms with Crippen LogP contribution in [0.25, 0.3) is 0 Å². The Morgan fingerprint density at radius 3 is 2.50 bits per heavy atom. The van der Waals surface area contributed by atoms with Gasteiger partial charge < -0.3 is 10.0 Å². The van der Waals surface area contributed by atoms with E-state index >= 15 is 0 Å². The van der Waals surface area contributed by atoms with Crippen molar-refractivity contribution in [3.05, 3.63) is 22.8 Å². The van der Waals surface area contributed by atoms with E-state index in [1.165, 1.54) is 0 Å². The van der Waals surface area contributed by atoms with Gasteiger partial charge >= 0.3 is 12.3 Å². The molecule has 0 spiro atoms. The molecule has 0 unspecified atom stereocenters. The van der Waals surface area contributed by atoms with Crippen molar-refractivity contribution in [1.82, 2.24) is 14.9 Å². The van der Waals surface area contributed by atoms with Gasteiger partial charge in [-0.2, -0.15) is 13.2 Å². The summed E-state index contributed by atoms with van der Waals surface area (Å²) in [6, 6.07) is 0. The lowest BCUT2D eigenvalue weighted by Gasteiger charge is -2.28. The Hall–Kier alpha value is -1.86. The third kappa shape index (κ3) is 2.68. The maximum atomic E-state index is 13.1. The standard InChI is InChI=1S/C12H14F3N3O2/c1-6(2)10-16-8-5-18(11(19)20)4-3-7(8)9(17-10)12(13,14)15/h6H,3-5H2,1-2H3,(H,19,20). The molecule has 20 heavy (non-hydrogen) atoms. The molecule has 0 saturated heterocycles. The Labute approximate surface area is 113 Å². The number of amides is 1. The smallest absolute Gasteiger partial charge is 0.433 e. The predicted octanol–water partition coefficient (Wildman–Crippen LogP) is 2.65. The summed E-state index contributed by atoms with van der Waals surface area (Å²) >= 11 is 0. The van der Waals surface area contributed by atoms with Gasteiger partial charge in [-0.1, -0.05) is 13.8 Å². The highest BCUT2D eigenvalue weighted by Crippen LogP contribution is 2.34. The Kier molecular flexibility index (Phi) is 3.58. The summed E-state index contributed by atoms with van der Waals surface area (Å²) in [7, 11) is 0. The van der Waals surface area contributed by atoms with Crippen LogP contribution in [0.5, 0.6) is 0 Å². The van der Waals surface area contributed by atoms with E-state index in [9.17, 15) is 18.0 Å². The number of nitrogens with zero attached hydrogens (tertiary/aromatic N) is 3. The van der Waals surface area contributed by atoms with Crippen LogP contribution in [0.15, 0.2) is 0 Å². The van der Waals surface area contributed by atoms with E-state index in [-0.39, 0.29) is 42.5 Å². The minimum Gasteiger partial charge on any atom is -0.465 e. The second kappa shape index (κ2) is 4.92. The van der Waals surface area contributed by atoms with Crippen LogP contribution >= 0.6 is 0 Å². The van der Waals surface area contributed by atoms with Gasteiger partial charge in [-0.05, 0) is 6.42 Å². The van der Waals surface area contributed by atoms with E-state index in [4.69, 9.17) is 5.11 Å². The van der Waals surface area contributed by atoms with Crippen molar-refractivity contribution in [2.75, 3.05) is 6.54 Å². The highest BCUT2D eigenvalue weighted by molar-refractivity contribution is 5.65. The van der Waals surface area contributed by atoms with Crippen LogP contribution in [0.3, 0.4) is 0 Å². The Balaban J connectivity index is 2.53. The summed E-state index contributed by atoms with van der Waals surface area (Å²) in [5, 5.41) is 8.93. The van der Waals surface area contributed by atoms with Gasteiger partial charge in [0.15, 0.2) is 5.69 Å². The molecule has 0 saturated carbocycles. The van der Waals surface area contributed by atoms with Gasteiger partial charge in [-0.15, -0.1) is 0 Å². The maximum absolute atomic E-state index is 13.1. The van der Waals surface area contributed by atoms with Crippen LogP contribution in [0.4, 0.5) is 18.0 Å². The number of hydrogen-bond acceptors (Lipinski definition) is 3. The maximum Gasteiger partial charge on any atom is 0.433 e. The topological polar surface area (TPSA) is 66.3 Å². The fraction of sp³-hybridized carbons (Fsp3) is 0.583. The lowest BCUT2D eigenvalue weighted by Crippen LogP contribution is -2.37. The van der Waals surface area contributed by atoms with Crippen molar-refractivity contribution >= 4 is 6.09 Å². The summed E-state index contributed by atoms with van der Waals surface area (Å²) in [4.78, 5) is 19.7. The summed E-state index contributed by atoms with van der Waals surface area (Å²) in [5.74, 6) is -0.176. The number of carbonyl (C=O) groups is 1. The average molecular weight is 289 g/mol. The van der Waals surface area contributed by atoms with Gasteiger partial charge in [-0.25, -0.2) is 14.8 Å². The molecule has 1 aromatic heterocycles. The largest absolute Gasteiger partial charge is 0.465 e. The molecule has 1 amide bonds. The van der Waals surface area contributed by atoms with E-state index in [1.807, 2.05) is 0 Å². The van der Waals surface area contributed by atoms with Crippen molar-refractivity contribution in [2.45, 2.75) is 38.9 Å². The molecule has 0 aliphatic carbocycles. The van der Waals surface area contributed by atoms with Gasteiger partial charge in [0.1, 0.15) is 5.82 Å². The molecule has 1 aliphatic heterocycles. The van der Waals surface area contributed by atoms with Gasteiger partial charge in [0.2, 0.25) is 0 Å². The quantitative estimate of drug-likeness (QED) is 0.863. The van der Waals surface area contributed by atoms with E-state index in [2.05, 4.69) is 9.97 Å². The van der Waals surface area contributed by atoms with Gasteiger partial charge in [-0.3, -0.25) is 0 Å². The molecule has 0 aromatic carbocycles. The zero-order chi connectivity index (χ0) is 15.1. The number of rotatable bonds is 1. The molecule has 2 heterocycles. The van der Waals surface area contributed by atoms with E-state index in [1.54, 1.807) is 13.8 Å². The van der Waals surface area contributed by atoms with Crippen molar-refractivity contribution in [3.8, 4) is 0 Å². The molecule has 110 valence electrons. The van der Waals surface area contributed by atoms with Crippen LogP contribution in [0.1, 0.15) is 42.5 Å². The van der Waals surface area contributed by atoms with Crippen LogP contribution in [0, 0.1) is 0 Å². The molecular formula is C12H14F3N3O2. The number of fused-ring (bicyclic) bond motifs is 1. The molecule has 8 heteroatoms. The number of halogens is 3. The fourth-order valence-electron chi connectivity index (χ4n) is 2.11. The zero-order valence-corrected chi connectivity index (χ0v) is 11.0. The molecule has 0 atom stereocenters. The monoisotopic (exact) mass is 289 g/mol. The second-order valence-corrected chi connectivity index (χ2v) is 4.96. The van der Waals surface area contributed by atoms with Crippen molar-refractivity contribution in [1.29, 1.82) is 0 Å². The third-order valence-electron chi connectivity index (χ3n) is 3.14. The van der Waals surface area contributed by atoms with Gasteiger partial charge in [0.05, 0.1) is 12.2 Å². The number of aromatic nitrogens is 2. The molecule has 5 nitrogen and oxygen atoms in total. The highest BCUT2D eigenvalue weighted by Gasteiger charge is 2.39. The van der Waals surface area contributed by atoms with Crippen LogP contribution in [0.2, 0.25) is 0 Å². The first-order valence-corrected chi connectivity index (χ1v) is 6.15. The molecule has 1 aromatic rings. The Bertz CT molecular complexity index is 543. The number of carboxylic acid groups (broad SMARTS) is 1. The molecule has 1 aliphatic rings. The lowest BCUT2D eigenvalue weighted by molar-refractivity contribution is -0.142. The number of alkyl halides is 3.